The van der Waals surface area contributed by atoms with E-state index in [2.05, 4.69) is 55.0 Å². The van der Waals surface area contributed by atoms with Gasteiger partial charge in [0.15, 0.2) is 5.69 Å². The van der Waals surface area contributed by atoms with Crippen LogP contribution in [0.25, 0.3) is 0 Å². The van der Waals surface area contributed by atoms with Crippen molar-refractivity contribution in [1.29, 1.82) is 0 Å². The normalized spacial score (nSPS) is 18.3. The Labute approximate surface area is 200 Å². The van der Waals surface area contributed by atoms with Crippen LogP contribution in [0.15, 0.2) is 65.5 Å². The van der Waals surface area contributed by atoms with Crippen molar-refractivity contribution in [3.8, 4) is 0 Å². The molecule has 178 valence electrons. The van der Waals surface area contributed by atoms with Crippen LogP contribution in [0, 0.1) is 0 Å². The summed E-state index contributed by atoms with van der Waals surface area (Å²) in [5.41, 5.74) is 2.97. The Kier molecular flexibility index (Phi) is 7.28. The van der Waals surface area contributed by atoms with Crippen molar-refractivity contribution in [2.24, 2.45) is 0 Å². The molecule has 0 atom stereocenters. The summed E-state index contributed by atoms with van der Waals surface area (Å²) in [6.07, 6.45) is 5.26. The zero-order chi connectivity index (χ0) is 23.2. The van der Waals surface area contributed by atoms with Crippen LogP contribution in [-0.4, -0.2) is 87.8 Å². The van der Waals surface area contributed by atoms with Gasteiger partial charge in [-0.15, -0.1) is 0 Å². The van der Waals surface area contributed by atoms with Crippen LogP contribution in [0.1, 0.15) is 27.5 Å². The average Bonchev–Trinajstić information content (AvgIpc) is 3.35. The maximum absolute atomic E-state index is 12.9. The molecule has 0 radical (unpaired) electrons. The fraction of sp³-hybridized carbons (Fsp3) is 0.423. The Morgan fingerprint density at radius 2 is 1.38 bits per heavy atom. The first-order valence-corrected chi connectivity index (χ1v) is 12.1. The summed E-state index contributed by atoms with van der Waals surface area (Å²) in [6, 6.07) is 14.6. The molecule has 2 aliphatic heterocycles. The highest BCUT2D eigenvalue weighted by Crippen LogP contribution is 2.14. The first kappa shape index (κ1) is 22.7. The Morgan fingerprint density at radius 3 is 2.06 bits per heavy atom. The highest BCUT2D eigenvalue weighted by molar-refractivity contribution is 5.92. The Balaban J connectivity index is 1.06. The first-order valence-electron chi connectivity index (χ1n) is 12.1. The molecule has 0 bridgehead atoms. The van der Waals surface area contributed by atoms with Crippen LogP contribution in [0.2, 0.25) is 0 Å². The van der Waals surface area contributed by atoms with Gasteiger partial charge in [0.1, 0.15) is 6.26 Å². The molecule has 4 heterocycles. The number of hydrogen-bond acceptors (Lipinski definition) is 7. The predicted molar refractivity (Wildman–Crippen MR) is 129 cm³/mol. The number of rotatable bonds is 7. The maximum Gasteiger partial charge on any atom is 0.275 e. The highest BCUT2D eigenvalue weighted by atomic mass is 16.3. The van der Waals surface area contributed by atoms with Gasteiger partial charge in [-0.25, -0.2) is 4.98 Å². The second kappa shape index (κ2) is 10.9. The summed E-state index contributed by atoms with van der Waals surface area (Å²) < 4.78 is 5.67. The van der Waals surface area contributed by atoms with E-state index in [1.54, 1.807) is 0 Å². The number of carbonyl (C=O) groups excluding carboxylic acids is 1. The lowest BCUT2D eigenvalue weighted by Gasteiger charge is -2.34. The monoisotopic (exact) mass is 460 g/mol. The number of nitrogens with zero attached hydrogens (tertiary/aromatic N) is 6. The largest absolute Gasteiger partial charge is 0.447 e. The van der Waals surface area contributed by atoms with E-state index >= 15 is 0 Å². The van der Waals surface area contributed by atoms with Gasteiger partial charge in [0.2, 0.25) is 5.89 Å². The van der Waals surface area contributed by atoms with E-state index in [-0.39, 0.29) is 5.91 Å². The first-order chi connectivity index (χ1) is 16.7. The van der Waals surface area contributed by atoms with E-state index in [1.807, 2.05) is 29.4 Å². The molecule has 0 spiro atoms. The van der Waals surface area contributed by atoms with Gasteiger partial charge < -0.3 is 9.32 Å². The Hall–Kier alpha value is -3.07. The molecule has 1 aromatic carbocycles. The SMILES string of the molecule is O=C(c1coc(CN2CCN(Cc3cccnc3)CC2)n1)N1CCN(Cc2ccccc2)CC1. The zero-order valence-corrected chi connectivity index (χ0v) is 19.6. The number of hydrogen-bond donors (Lipinski definition) is 0. The maximum atomic E-state index is 12.9. The van der Waals surface area contributed by atoms with Crippen LogP contribution in [0.5, 0.6) is 0 Å². The summed E-state index contributed by atoms with van der Waals surface area (Å²) in [5, 5.41) is 0. The molecule has 0 saturated carbocycles. The molecule has 2 saturated heterocycles. The Morgan fingerprint density at radius 1 is 0.765 bits per heavy atom. The minimum Gasteiger partial charge on any atom is -0.447 e. The molecule has 5 rings (SSSR count). The quantitative estimate of drug-likeness (QED) is 0.536. The molecule has 1 amide bonds. The van der Waals surface area contributed by atoms with E-state index in [9.17, 15) is 4.79 Å². The number of amides is 1. The van der Waals surface area contributed by atoms with Gasteiger partial charge in [-0.3, -0.25) is 24.5 Å². The summed E-state index contributed by atoms with van der Waals surface area (Å²) in [6.45, 7) is 9.56. The van der Waals surface area contributed by atoms with Gasteiger partial charge in [-0.05, 0) is 17.2 Å². The van der Waals surface area contributed by atoms with Gasteiger partial charge in [0, 0.05) is 77.8 Å². The molecule has 2 aromatic heterocycles. The lowest BCUT2D eigenvalue weighted by Crippen LogP contribution is -2.48. The van der Waals surface area contributed by atoms with Crippen LogP contribution in [-0.2, 0) is 19.6 Å². The minimum absolute atomic E-state index is 0.0318. The molecule has 2 fully saturated rings. The number of carbonyl (C=O) groups is 1. The third kappa shape index (κ3) is 5.88. The summed E-state index contributed by atoms with van der Waals surface area (Å²) in [7, 11) is 0. The fourth-order valence-corrected chi connectivity index (χ4v) is 4.64. The van der Waals surface area contributed by atoms with Crippen LogP contribution in [0.4, 0.5) is 0 Å². The number of piperazine rings is 2. The molecular formula is C26H32N6O2. The number of benzene rings is 1. The van der Waals surface area contributed by atoms with E-state index in [0.29, 0.717) is 31.2 Å². The van der Waals surface area contributed by atoms with E-state index < -0.39 is 0 Å². The van der Waals surface area contributed by atoms with Crippen LogP contribution in [0.3, 0.4) is 0 Å². The molecule has 8 nitrogen and oxygen atoms in total. The smallest absolute Gasteiger partial charge is 0.275 e. The predicted octanol–water partition coefficient (Wildman–Crippen LogP) is 2.35. The molecule has 8 heteroatoms. The van der Waals surface area contributed by atoms with Gasteiger partial charge in [-0.1, -0.05) is 36.4 Å². The van der Waals surface area contributed by atoms with Crippen molar-refractivity contribution >= 4 is 5.91 Å². The fourth-order valence-electron chi connectivity index (χ4n) is 4.64. The van der Waals surface area contributed by atoms with Crippen LogP contribution < -0.4 is 0 Å². The van der Waals surface area contributed by atoms with Crippen molar-refractivity contribution in [2.45, 2.75) is 19.6 Å². The molecular weight excluding hydrogens is 428 g/mol. The molecule has 2 aliphatic rings. The summed E-state index contributed by atoms with van der Waals surface area (Å²) >= 11 is 0. The van der Waals surface area contributed by atoms with Gasteiger partial charge in [-0.2, -0.15) is 0 Å². The number of aromatic nitrogens is 2. The van der Waals surface area contributed by atoms with Crippen molar-refractivity contribution < 1.29 is 9.21 Å². The third-order valence-electron chi connectivity index (χ3n) is 6.63. The van der Waals surface area contributed by atoms with Crippen molar-refractivity contribution in [1.82, 2.24) is 29.6 Å². The molecule has 3 aromatic rings. The average molecular weight is 461 g/mol. The molecule has 0 unspecified atom stereocenters. The topological polar surface area (TPSA) is 69.0 Å². The second-order valence-corrected chi connectivity index (χ2v) is 9.09. The number of oxazole rings is 1. The van der Waals surface area contributed by atoms with Crippen molar-refractivity contribution in [3.05, 3.63) is 83.8 Å². The van der Waals surface area contributed by atoms with E-state index in [4.69, 9.17) is 4.42 Å². The highest BCUT2D eigenvalue weighted by Gasteiger charge is 2.25. The molecule has 0 N–H and O–H groups in total. The second-order valence-electron chi connectivity index (χ2n) is 9.09. The lowest BCUT2D eigenvalue weighted by molar-refractivity contribution is 0.0622. The summed E-state index contributed by atoms with van der Waals surface area (Å²) in [5.74, 6) is 0.586. The van der Waals surface area contributed by atoms with E-state index in [1.165, 1.54) is 17.4 Å². The minimum atomic E-state index is -0.0318. The van der Waals surface area contributed by atoms with Crippen molar-refractivity contribution in [3.63, 3.8) is 0 Å². The third-order valence-corrected chi connectivity index (χ3v) is 6.63. The van der Waals surface area contributed by atoms with Crippen LogP contribution >= 0.6 is 0 Å². The zero-order valence-electron chi connectivity index (χ0n) is 19.6. The lowest BCUT2D eigenvalue weighted by atomic mass is 10.2. The molecule has 34 heavy (non-hydrogen) atoms. The standard InChI is InChI=1S/C26H32N6O2/c33-26(32-15-13-30(14-16-32)18-22-5-2-1-3-6-22)24-21-34-25(28-24)20-31-11-9-29(10-12-31)19-23-7-4-8-27-17-23/h1-8,17,21H,9-16,18-20H2. The number of pyridine rings is 1. The van der Waals surface area contributed by atoms with Crippen molar-refractivity contribution in [2.75, 3.05) is 52.4 Å². The van der Waals surface area contributed by atoms with Gasteiger partial charge >= 0.3 is 0 Å². The van der Waals surface area contributed by atoms with E-state index in [0.717, 1.165) is 52.4 Å². The van der Waals surface area contributed by atoms with Gasteiger partial charge in [0.05, 0.1) is 6.54 Å². The Bertz CT molecular complexity index is 1040. The van der Waals surface area contributed by atoms with Gasteiger partial charge in [0.25, 0.3) is 5.91 Å². The summed E-state index contributed by atoms with van der Waals surface area (Å²) in [4.78, 5) is 30.7. The molecule has 0 aliphatic carbocycles.